The fourth-order valence-electron chi connectivity index (χ4n) is 3.03. The van der Waals surface area contributed by atoms with Crippen LogP contribution in [0.3, 0.4) is 0 Å². The first kappa shape index (κ1) is 15.5. The molecule has 1 atom stereocenters. The third-order valence-corrected chi connectivity index (χ3v) is 4.37. The number of rotatable bonds is 0. The number of hydrogen-bond acceptors (Lipinski definition) is 2. The highest BCUT2D eigenvalue weighted by atomic mass is 19.1. The van der Waals surface area contributed by atoms with E-state index in [2.05, 4.69) is 31.1 Å². The van der Waals surface area contributed by atoms with Gasteiger partial charge < -0.3 is 0 Å². The Balaban J connectivity index is 2.66. The fraction of sp³-hybridized carbons (Fsp3) is 0.875. The lowest BCUT2D eigenvalue weighted by atomic mass is 9.71. The highest BCUT2D eigenvalue weighted by Gasteiger charge is 2.49. The molecule has 0 aromatic carbocycles. The predicted octanol–water partition coefficient (Wildman–Crippen LogP) is 4.36. The molecule has 114 valence electrons. The van der Waals surface area contributed by atoms with Crippen LogP contribution < -0.4 is 0 Å². The van der Waals surface area contributed by atoms with Crippen molar-refractivity contribution in [3.63, 3.8) is 0 Å². The largest absolute Gasteiger partial charge is 0.241 e. The molecular formula is C16H28FN3. The molecular weight excluding hydrogens is 253 g/mol. The standard InChI is InChI=1S/C16H28FN3/c1-14(2,3)16(17)11-9-7-8-10-12-13(16)20(19-18-12)15(4,5)6/h7-11H2,1-6H3. The van der Waals surface area contributed by atoms with Gasteiger partial charge in [0.1, 0.15) is 5.69 Å². The first-order valence-electron chi connectivity index (χ1n) is 7.72. The van der Waals surface area contributed by atoms with Gasteiger partial charge in [-0.3, -0.25) is 0 Å². The second-order valence-electron chi connectivity index (χ2n) is 8.08. The fourth-order valence-corrected chi connectivity index (χ4v) is 3.03. The molecule has 1 unspecified atom stereocenters. The van der Waals surface area contributed by atoms with Crippen LogP contribution >= 0.6 is 0 Å². The lowest BCUT2D eigenvalue weighted by Crippen LogP contribution is -2.42. The van der Waals surface area contributed by atoms with Crippen molar-refractivity contribution < 1.29 is 4.39 Å². The Morgan fingerprint density at radius 1 is 1.05 bits per heavy atom. The smallest absolute Gasteiger partial charge is 0.159 e. The van der Waals surface area contributed by atoms with Gasteiger partial charge in [0, 0.05) is 5.41 Å². The van der Waals surface area contributed by atoms with E-state index in [1.807, 2.05) is 25.5 Å². The average molecular weight is 281 g/mol. The van der Waals surface area contributed by atoms with Gasteiger partial charge in [-0.25, -0.2) is 9.07 Å². The Bertz CT molecular complexity index is 479. The van der Waals surface area contributed by atoms with Crippen LogP contribution in [-0.4, -0.2) is 15.0 Å². The monoisotopic (exact) mass is 281 g/mol. The molecule has 0 saturated heterocycles. The lowest BCUT2D eigenvalue weighted by Gasteiger charge is -2.41. The summed E-state index contributed by atoms with van der Waals surface area (Å²) in [6.45, 7) is 12.1. The van der Waals surface area contributed by atoms with E-state index >= 15 is 4.39 Å². The molecule has 1 heterocycles. The van der Waals surface area contributed by atoms with Crippen molar-refractivity contribution >= 4 is 0 Å². The SMILES string of the molecule is CC(C)(C)n1nnc2c1C(F)(C(C)(C)C)CCCCC2. The van der Waals surface area contributed by atoms with E-state index in [-0.39, 0.29) is 5.54 Å². The van der Waals surface area contributed by atoms with Crippen molar-refractivity contribution in [2.24, 2.45) is 5.41 Å². The molecule has 0 N–H and O–H groups in total. The van der Waals surface area contributed by atoms with Gasteiger partial charge in [0.25, 0.3) is 0 Å². The lowest BCUT2D eigenvalue weighted by molar-refractivity contribution is -0.00110. The molecule has 0 spiro atoms. The topological polar surface area (TPSA) is 30.7 Å². The van der Waals surface area contributed by atoms with E-state index in [0.717, 1.165) is 37.1 Å². The minimum atomic E-state index is -1.36. The van der Waals surface area contributed by atoms with Gasteiger partial charge in [0.05, 0.1) is 11.2 Å². The molecule has 0 amide bonds. The van der Waals surface area contributed by atoms with E-state index in [9.17, 15) is 0 Å². The van der Waals surface area contributed by atoms with Gasteiger partial charge in [-0.05, 0) is 46.5 Å². The molecule has 2 rings (SSSR count). The van der Waals surface area contributed by atoms with Crippen LogP contribution in [0.2, 0.25) is 0 Å². The molecule has 1 aromatic heterocycles. The van der Waals surface area contributed by atoms with E-state index in [1.165, 1.54) is 0 Å². The quantitative estimate of drug-likeness (QED) is 0.707. The summed E-state index contributed by atoms with van der Waals surface area (Å²) >= 11 is 0. The number of halogens is 1. The summed E-state index contributed by atoms with van der Waals surface area (Å²) in [4.78, 5) is 0. The normalized spacial score (nSPS) is 24.9. The highest BCUT2D eigenvalue weighted by molar-refractivity contribution is 5.24. The van der Waals surface area contributed by atoms with Crippen molar-refractivity contribution in [3.8, 4) is 0 Å². The summed E-state index contributed by atoms with van der Waals surface area (Å²) < 4.78 is 17.9. The van der Waals surface area contributed by atoms with Crippen LogP contribution in [0.5, 0.6) is 0 Å². The number of aryl methyl sites for hydroxylation is 1. The van der Waals surface area contributed by atoms with Crippen molar-refractivity contribution in [1.82, 2.24) is 15.0 Å². The molecule has 1 aliphatic rings. The Hall–Kier alpha value is -0.930. The molecule has 4 heteroatoms. The van der Waals surface area contributed by atoms with Crippen LogP contribution in [0, 0.1) is 5.41 Å². The Kier molecular flexibility index (Phi) is 3.72. The minimum absolute atomic E-state index is 0.248. The minimum Gasteiger partial charge on any atom is -0.241 e. The molecule has 1 aliphatic carbocycles. The Labute approximate surface area is 121 Å². The molecule has 0 radical (unpaired) electrons. The van der Waals surface area contributed by atoms with Gasteiger partial charge in [-0.2, -0.15) is 0 Å². The zero-order valence-electron chi connectivity index (χ0n) is 13.8. The number of alkyl halides is 1. The first-order chi connectivity index (χ1) is 9.07. The number of aromatic nitrogens is 3. The summed E-state index contributed by atoms with van der Waals surface area (Å²) in [6.07, 6.45) is 4.49. The molecule has 0 bridgehead atoms. The summed E-state index contributed by atoms with van der Waals surface area (Å²) in [5.74, 6) is 0. The zero-order valence-corrected chi connectivity index (χ0v) is 13.8. The molecule has 0 fully saturated rings. The van der Waals surface area contributed by atoms with Gasteiger partial charge in [-0.1, -0.05) is 32.4 Å². The van der Waals surface area contributed by atoms with E-state index in [0.29, 0.717) is 6.42 Å². The van der Waals surface area contributed by atoms with Gasteiger partial charge in [0.2, 0.25) is 0 Å². The molecule has 0 aliphatic heterocycles. The van der Waals surface area contributed by atoms with Crippen molar-refractivity contribution in [3.05, 3.63) is 11.4 Å². The Morgan fingerprint density at radius 3 is 2.25 bits per heavy atom. The van der Waals surface area contributed by atoms with Crippen LogP contribution in [0.1, 0.15) is 78.6 Å². The molecule has 3 nitrogen and oxygen atoms in total. The summed E-state index contributed by atoms with van der Waals surface area (Å²) in [6, 6.07) is 0. The second-order valence-corrected chi connectivity index (χ2v) is 8.08. The Morgan fingerprint density at radius 2 is 1.70 bits per heavy atom. The van der Waals surface area contributed by atoms with Crippen molar-refractivity contribution in [2.45, 2.75) is 84.9 Å². The molecule has 20 heavy (non-hydrogen) atoms. The maximum Gasteiger partial charge on any atom is 0.159 e. The van der Waals surface area contributed by atoms with Gasteiger partial charge in [0.15, 0.2) is 5.67 Å². The first-order valence-corrected chi connectivity index (χ1v) is 7.72. The van der Waals surface area contributed by atoms with Crippen LogP contribution in [0.15, 0.2) is 0 Å². The van der Waals surface area contributed by atoms with Crippen molar-refractivity contribution in [2.75, 3.05) is 0 Å². The molecule has 1 aromatic rings. The summed E-state index contributed by atoms with van der Waals surface area (Å²) in [7, 11) is 0. The second kappa shape index (κ2) is 4.81. The number of fused-ring (bicyclic) bond motifs is 1. The number of nitrogens with zero attached hydrogens (tertiary/aromatic N) is 3. The van der Waals surface area contributed by atoms with E-state index < -0.39 is 11.1 Å². The highest BCUT2D eigenvalue weighted by Crippen LogP contribution is 2.49. The van der Waals surface area contributed by atoms with Crippen molar-refractivity contribution in [1.29, 1.82) is 0 Å². The molecule has 0 saturated carbocycles. The maximum atomic E-state index is 16.0. The maximum absolute atomic E-state index is 16.0. The third kappa shape index (κ3) is 2.49. The van der Waals surface area contributed by atoms with E-state index in [4.69, 9.17) is 0 Å². The van der Waals surface area contributed by atoms with E-state index in [1.54, 1.807) is 0 Å². The summed E-state index contributed by atoms with van der Waals surface area (Å²) in [5.41, 5.74) is -0.486. The van der Waals surface area contributed by atoms with Gasteiger partial charge >= 0.3 is 0 Å². The van der Waals surface area contributed by atoms with Crippen LogP contribution in [0.4, 0.5) is 4.39 Å². The zero-order chi connectivity index (χ0) is 15.2. The van der Waals surface area contributed by atoms with Crippen LogP contribution in [-0.2, 0) is 17.6 Å². The average Bonchev–Trinajstić information content (AvgIpc) is 2.67. The third-order valence-electron chi connectivity index (χ3n) is 4.37. The van der Waals surface area contributed by atoms with Crippen LogP contribution in [0.25, 0.3) is 0 Å². The predicted molar refractivity (Wildman–Crippen MR) is 79.4 cm³/mol. The summed E-state index contributed by atoms with van der Waals surface area (Å²) in [5, 5.41) is 8.59. The number of hydrogen-bond donors (Lipinski definition) is 0. The van der Waals surface area contributed by atoms with Gasteiger partial charge in [-0.15, -0.1) is 5.10 Å².